The zero-order valence-electron chi connectivity index (χ0n) is 17.7. The summed E-state index contributed by atoms with van der Waals surface area (Å²) in [5.41, 5.74) is 1.65. The summed E-state index contributed by atoms with van der Waals surface area (Å²) in [6.07, 6.45) is -0.319. The Morgan fingerprint density at radius 1 is 1.06 bits per heavy atom. The summed E-state index contributed by atoms with van der Waals surface area (Å²) in [6.45, 7) is 0. The van der Waals surface area contributed by atoms with Crippen LogP contribution in [0.1, 0.15) is 24.0 Å². The van der Waals surface area contributed by atoms with E-state index >= 15 is 0 Å². The van der Waals surface area contributed by atoms with Crippen molar-refractivity contribution in [2.24, 2.45) is 10.9 Å². The van der Waals surface area contributed by atoms with Crippen molar-refractivity contribution < 1.29 is 23.5 Å². The molecular formula is C23H23FN4O4. The van der Waals surface area contributed by atoms with E-state index < -0.39 is 23.9 Å². The average Bonchev–Trinajstić information content (AvgIpc) is 2.87. The molecule has 1 heterocycles. The van der Waals surface area contributed by atoms with Crippen LogP contribution in [0.3, 0.4) is 0 Å². The zero-order valence-corrected chi connectivity index (χ0v) is 17.7. The molecule has 8 nitrogen and oxygen atoms in total. The largest absolute Gasteiger partial charge is 0.469 e. The molecule has 166 valence electrons. The van der Waals surface area contributed by atoms with Crippen molar-refractivity contribution >= 4 is 29.3 Å². The lowest BCUT2D eigenvalue weighted by molar-refractivity contribution is -0.149. The minimum atomic E-state index is -1.25. The molecule has 4 rings (SSSR count). The van der Waals surface area contributed by atoms with E-state index in [1.165, 1.54) is 18.1 Å². The van der Waals surface area contributed by atoms with E-state index in [4.69, 9.17) is 4.74 Å². The van der Waals surface area contributed by atoms with Gasteiger partial charge in [-0.1, -0.05) is 30.3 Å². The number of benzodiazepines with no additional fused rings is 1. The van der Waals surface area contributed by atoms with Gasteiger partial charge in [-0.05, 0) is 31.0 Å². The van der Waals surface area contributed by atoms with Crippen LogP contribution in [0.5, 0.6) is 0 Å². The van der Waals surface area contributed by atoms with Crippen molar-refractivity contribution in [2.45, 2.75) is 25.0 Å². The third-order valence-corrected chi connectivity index (χ3v) is 5.75. The summed E-state index contributed by atoms with van der Waals surface area (Å²) >= 11 is 0. The molecule has 0 saturated heterocycles. The van der Waals surface area contributed by atoms with E-state index in [1.807, 2.05) is 0 Å². The van der Waals surface area contributed by atoms with Crippen LogP contribution in [0.25, 0.3) is 0 Å². The van der Waals surface area contributed by atoms with Gasteiger partial charge in [0.1, 0.15) is 5.82 Å². The number of esters is 1. The van der Waals surface area contributed by atoms with Crippen molar-refractivity contribution in [1.29, 1.82) is 0 Å². The number of rotatable bonds is 4. The summed E-state index contributed by atoms with van der Waals surface area (Å²) in [4.78, 5) is 43.0. The Bertz CT molecular complexity index is 1100. The Morgan fingerprint density at radius 2 is 1.72 bits per heavy atom. The molecule has 1 aliphatic heterocycles. The van der Waals surface area contributed by atoms with Crippen LogP contribution < -0.4 is 15.5 Å². The second kappa shape index (κ2) is 8.78. The topological polar surface area (TPSA) is 100 Å². The maximum absolute atomic E-state index is 14.6. The van der Waals surface area contributed by atoms with Crippen LogP contribution in [0, 0.1) is 11.7 Å². The van der Waals surface area contributed by atoms with Crippen LogP contribution in [0.15, 0.2) is 53.5 Å². The second-order valence-electron chi connectivity index (χ2n) is 7.78. The smallest absolute Gasteiger partial charge is 0.317 e. The maximum Gasteiger partial charge on any atom is 0.317 e. The Hall–Kier alpha value is -3.75. The standard InChI is InChI=1S/C23H23FN4O4/c1-28-18-10-6-4-8-16(18)19(15-7-3-5-9-17(15)24)26-20(21(28)29)27-23(31)25-14-11-13(12-14)22(30)32-2/h3-10,13-14,20H,11-12H2,1-2H3,(H2,25,27,31). The molecule has 2 aromatic carbocycles. The molecule has 1 saturated carbocycles. The molecule has 2 N–H and O–H groups in total. The van der Waals surface area contributed by atoms with Crippen molar-refractivity contribution in [1.82, 2.24) is 10.6 Å². The molecular weight excluding hydrogens is 415 g/mol. The number of benzene rings is 2. The van der Waals surface area contributed by atoms with Crippen LogP contribution in [0.4, 0.5) is 14.9 Å². The van der Waals surface area contributed by atoms with Gasteiger partial charge in [0.2, 0.25) is 6.17 Å². The lowest BCUT2D eigenvalue weighted by Gasteiger charge is -2.33. The van der Waals surface area contributed by atoms with E-state index in [0.29, 0.717) is 24.1 Å². The number of ether oxygens (including phenoxy) is 1. The zero-order chi connectivity index (χ0) is 22.8. The molecule has 1 unspecified atom stereocenters. The SMILES string of the molecule is COC(=O)C1CC(NC(=O)NC2N=C(c3ccccc3F)c3ccccc3N(C)C2=O)C1. The van der Waals surface area contributed by atoms with Gasteiger partial charge in [-0.3, -0.25) is 9.59 Å². The number of aliphatic imine (C=N–C) groups is 1. The van der Waals surface area contributed by atoms with Gasteiger partial charge in [0.05, 0.1) is 24.4 Å². The van der Waals surface area contributed by atoms with Crippen molar-refractivity contribution in [2.75, 3.05) is 19.1 Å². The molecule has 0 radical (unpaired) electrons. The van der Waals surface area contributed by atoms with Gasteiger partial charge in [-0.25, -0.2) is 14.2 Å². The average molecular weight is 438 g/mol. The Kier molecular flexibility index (Phi) is 5.89. The van der Waals surface area contributed by atoms with Gasteiger partial charge >= 0.3 is 12.0 Å². The predicted octanol–water partition coefficient (Wildman–Crippen LogP) is 2.22. The molecule has 3 amide bonds. The first-order valence-electron chi connectivity index (χ1n) is 10.2. The van der Waals surface area contributed by atoms with Gasteiger partial charge in [-0.2, -0.15) is 0 Å². The van der Waals surface area contributed by atoms with Crippen LogP contribution in [0.2, 0.25) is 0 Å². The number of likely N-dealkylation sites (N-methyl/N-ethyl adjacent to an activating group) is 1. The highest BCUT2D eigenvalue weighted by Crippen LogP contribution is 2.29. The number of amides is 3. The first kappa shape index (κ1) is 21.5. The maximum atomic E-state index is 14.6. The number of halogens is 1. The molecule has 0 aromatic heterocycles. The molecule has 1 fully saturated rings. The van der Waals surface area contributed by atoms with Crippen molar-refractivity contribution in [3.63, 3.8) is 0 Å². The Morgan fingerprint density at radius 3 is 2.41 bits per heavy atom. The summed E-state index contributed by atoms with van der Waals surface area (Å²) in [7, 11) is 2.91. The van der Waals surface area contributed by atoms with Crippen molar-refractivity contribution in [3.8, 4) is 0 Å². The quantitative estimate of drug-likeness (QED) is 0.715. The lowest BCUT2D eigenvalue weighted by atomic mass is 9.80. The molecule has 0 spiro atoms. The Labute approximate surface area is 184 Å². The molecule has 2 aliphatic rings. The number of anilines is 1. The lowest BCUT2D eigenvalue weighted by Crippen LogP contribution is -2.54. The highest BCUT2D eigenvalue weighted by atomic mass is 19.1. The molecule has 1 atom stereocenters. The number of fused-ring (bicyclic) bond motifs is 1. The third-order valence-electron chi connectivity index (χ3n) is 5.75. The van der Waals surface area contributed by atoms with Crippen LogP contribution in [-0.2, 0) is 14.3 Å². The molecule has 32 heavy (non-hydrogen) atoms. The summed E-state index contributed by atoms with van der Waals surface area (Å²) < 4.78 is 19.3. The number of urea groups is 1. The van der Waals surface area contributed by atoms with Crippen LogP contribution in [-0.4, -0.2) is 50.0 Å². The minimum Gasteiger partial charge on any atom is -0.469 e. The number of carbonyl (C=O) groups is 3. The fourth-order valence-electron chi connectivity index (χ4n) is 3.93. The second-order valence-corrected chi connectivity index (χ2v) is 7.78. The van der Waals surface area contributed by atoms with E-state index in [9.17, 15) is 18.8 Å². The predicted molar refractivity (Wildman–Crippen MR) is 116 cm³/mol. The highest BCUT2D eigenvalue weighted by molar-refractivity contribution is 6.20. The molecule has 2 aromatic rings. The van der Waals surface area contributed by atoms with Gasteiger partial charge in [0, 0.05) is 24.2 Å². The van der Waals surface area contributed by atoms with Gasteiger partial charge in [0.25, 0.3) is 5.91 Å². The first-order chi connectivity index (χ1) is 15.4. The minimum absolute atomic E-state index is 0.204. The number of methoxy groups -OCH3 is 1. The highest BCUT2D eigenvalue weighted by Gasteiger charge is 2.37. The fraction of sp³-hybridized carbons (Fsp3) is 0.304. The number of carbonyl (C=O) groups excluding carboxylic acids is 3. The molecule has 9 heteroatoms. The number of nitrogens with zero attached hydrogens (tertiary/aromatic N) is 2. The molecule has 1 aliphatic carbocycles. The number of hydrogen-bond acceptors (Lipinski definition) is 5. The third kappa shape index (κ3) is 4.05. The number of nitrogens with one attached hydrogen (secondary N) is 2. The van der Waals surface area contributed by atoms with Gasteiger partial charge in [0.15, 0.2) is 0 Å². The number of hydrogen-bond donors (Lipinski definition) is 2. The fourth-order valence-corrected chi connectivity index (χ4v) is 3.93. The Balaban J connectivity index is 1.59. The summed E-state index contributed by atoms with van der Waals surface area (Å²) in [5, 5.41) is 5.33. The van der Waals surface area contributed by atoms with E-state index in [2.05, 4.69) is 15.6 Å². The van der Waals surface area contributed by atoms with Crippen molar-refractivity contribution in [3.05, 3.63) is 65.5 Å². The van der Waals surface area contributed by atoms with E-state index in [-0.39, 0.29) is 29.2 Å². The van der Waals surface area contributed by atoms with E-state index in [1.54, 1.807) is 49.5 Å². The monoisotopic (exact) mass is 438 g/mol. The van der Waals surface area contributed by atoms with Crippen LogP contribution >= 0.6 is 0 Å². The van der Waals surface area contributed by atoms with Gasteiger partial charge in [-0.15, -0.1) is 0 Å². The van der Waals surface area contributed by atoms with E-state index in [0.717, 1.165) is 0 Å². The summed E-state index contributed by atoms with van der Waals surface area (Å²) in [6, 6.07) is 12.4. The molecule has 0 bridgehead atoms. The summed E-state index contributed by atoms with van der Waals surface area (Å²) in [5.74, 6) is -1.48. The number of para-hydroxylation sites is 1. The first-order valence-corrected chi connectivity index (χ1v) is 10.2. The van der Waals surface area contributed by atoms with Gasteiger partial charge < -0.3 is 20.3 Å². The normalized spacial score (nSPS) is 22.1.